The van der Waals surface area contributed by atoms with Gasteiger partial charge in [0, 0.05) is 34.1 Å². The van der Waals surface area contributed by atoms with E-state index < -0.39 is 6.03 Å². The number of fused-ring (bicyclic) bond motifs is 1. The van der Waals surface area contributed by atoms with E-state index in [0.29, 0.717) is 39.8 Å². The number of nitrogens with zero attached hydrogens (tertiary/aromatic N) is 2. The Hall–Kier alpha value is -4.66. The van der Waals surface area contributed by atoms with E-state index >= 15 is 0 Å². The molecule has 3 aromatic carbocycles. The van der Waals surface area contributed by atoms with Crippen LogP contribution in [-0.4, -0.2) is 36.0 Å². The van der Waals surface area contributed by atoms with Crippen LogP contribution in [0.1, 0.15) is 17.3 Å². The maximum absolute atomic E-state index is 12.5. The van der Waals surface area contributed by atoms with Crippen molar-refractivity contribution < 1.29 is 19.1 Å². The van der Waals surface area contributed by atoms with E-state index in [0.717, 1.165) is 11.1 Å². The fraction of sp³-hybridized carbons (Fsp3) is 0.120. The van der Waals surface area contributed by atoms with E-state index in [2.05, 4.69) is 25.9 Å². The molecule has 0 aliphatic rings. The van der Waals surface area contributed by atoms with E-state index in [4.69, 9.17) is 9.47 Å². The number of amides is 2. The van der Waals surface area contributed by atoms with Crippen molar-refractivity contribution in [1.82, 2.24) is 9.97 Å². The van der Waals surface area contributed by atoms with Crippen LogP contribution in [0.5, 0.6) is 11.5 Å². The maximum atomic E-state index is 12.5. The van der Waals surface area contributed by atoms with Gasteiger partial charge in [-0.15, -0.1) is 0 Å². The quantitative estimate of drug-likeness (QED) is 0.325. The van der Waals surface area contributed by atoms with Gasteiger partial charge in [-0.1, -0.05) is 0 Å². The van der Waals surface area contributed by atoms with Crippen molar-refractivity contribution in [2.24, 2.45) is 0 Å². The molecule has 4 rings (SSSR count). The van der Waals surface area contributed by atoms with Crippen molar-refractivity contribution in [3.63, 3.8) is 0 Å². The Balaban J connectivity index is 1.53. The molecule has 0 aliphatic heterocycles. The average Bonchev–Trinajstić information content (AvgIpc) is 2.84. The Kier molecular flexibility index (Phi) is 6.54. The van der Waals surface area contributed by atoms with E-state index in [9.17, 15) is 9.59 Å². The molecular formula is C25H23N5O4. The molecule has 9 nitrogen and oxygen atoms in total. The zero-order chi connectivity index (χ0) is 24.1. The second kappa shape index (κ2) is 9.86. The third-order valence-electron chi connectivity index (χ3n) is 5.09. The van der Waals surface area contributed by atoms with Crippen molar-refractivity contribution in [3.8, 4) is 11.5 Å². The highest BCUT2D eigenvalue weighted by atomic mass is 16.5. The highest BCUT2D eigenvalue weighted by molar-refractivity contribution is 6.02. The number of hydrogen-bond donors (Lipinski definition) is 3. The van der Waals surface area contributed by atoms with Gasteiger partial charge in [0.05, 0.1) is 19.7 Å². The van der Waals surface area contributed by atoms with Gasteiger partial charge in [-0.2, -0.15) is 0 Å². The molecule has 4 aromatic rings. The minimum atomic E-state index is -0.416. The molecule has 1 heterocycles. The molecule has 9 heteroatoms. The minimum Gasteiger partial charge on any atom is -0.493 e. The van der Waals surface area contributed by atoms with Crippen LogP contribution in [0.2, 0.25) is 0 Å². The summed E-state index contributed by atoms with van der Waals surface area (Å²) < 4.78 is 10.6. The first-order valence-electron chi connectivity index (χ1n) is 10.4. The molecule has 0 saturated carbocycles. The molecule has 1 aromatic heterocycles. The SMILES string of the molecule is COc1ccc(Nc2ncnc3ccc(NC(=O)Nc4ccc(C(C)=O)cc4)cc23)cc1OC. The van der Waals surface area contributed by atoms with Gasteiger partial charge >= 0.3 is 6.03 Å². The molecule has 0 bridgehead atoms. The zero-order valence-electron chi connectivity index (χ0n) is 18.9. The molecule has 172 valence electrons. The summed E-state index contributed by atoms with van der Waals surface area (Å²) in [5.74, 6) is 1.74. The van der Waals surface area contributed by atoms with Crippen molar-refractivity contribution in [2.45, 2.75) is 6.92 Å². The van der Waals surface area contributed by atoms with Gasteiger partial charge < -0.3 is 25.4 Å². The summed E-state index contributed by atoms with van der Waals surface area (Å²) >= 11 is 0. The number of anilines is 4. The van der Waals surface area contributed by atoms with Gasteiger partial charge in [-0.05, 0) is 61.5 Å². The summed E-state index contributed by atoms with van der Waals surface area (Å²) in [7, 11) is 3.15. The summed E-state index contributed by atoms with van der Waals surface area (Å²) in [6.45, 7) is 1.49. The smallest absolute Gasteiger partial charge is 0.323 e. The fourth-order valence-corrected chi connectivity index (χ4v) is 3.37. The monoisotopic (exact) mass is 457 g/mol. The molecule has 0 fully saturated rings. The summed E-state index contributed by atoms with van der Waals surface area (Å²) in [5, 5.41) is 9.54. The number of urea groups is 1. The van der Waals surface area contributed by atoms with Crippen LogP contribution in [0.15, 0.2) is 67.0 Å². The van der Waals surface area contributed by atoms with Crippen LogP contribution >= 0.6 is 0 Å². The Morgan fingerprint density at radius 1 is 0.765 bits per heavy atom. The standard InChI is InChI=1S/C25H23N5O4/c1-15(31)16-4-6-17(7-5-16)29-25(32)30-18-8-10-21-20(12-18)24(27-14-26-21)28-19-9-11-22(33-2)23(13-19)34-3/h4-14H,1-3H3,(H,26,27,28)(H2,29,30,32). The first kappa shape index (κ1) is 22.5. The number of ether oxygens (including phenoxy) is 2. The zero-order valence-corrected chi connectivity index (χ0v) is 18.9. The maximum Gasteiger partial charge on any atom is 0.323 e. The van der Waals surface area contributed by atoms with Crippen LogP contribution < -0.4 is 25.4 Å². The third kappa shape index (κ3) is 5.04. The average molecular weight is 457 g/mol. The number of nitrogens with one attached hydrogen (secondary N) is 3. The number of hydrogen-bond acceptors (Lipinski definition) is 7. The Labute approximate surface area is 196 Å². The van der Waals surface area contributed by atoms with E-state index in [1.54, 1.807) is 68.8 Å². The lowest BCUT2D eigenvalue weighted by atomic mass is 10.1. The molecule has 2 amide bonds. The van der Waals surface area contributed by atoms with Gasteiger partial charge in [-0.3, -0.25) is 4.79 Å². The second-order valence-electron chi connectivity index (χ2n) is 7.36. The van der Waals surface area contributed by atoms with Crippen molar-refractivity contribution >= 4 is 45.6 Å². The summed E-state index contributed by atoms with van der Waals surface area (Å²) in [6.07, 6.45) is 1.47. The lowest BCUT2D eigenvalue weighted by molar-refractivity contribution is 0.101. The first-order chi connectivity index (χ1) is 16.5. The Bertz CT molecular complexity index is 1360. The van der Waals surface area contributed by atoms with Crippen LogP contribution in [0, 0.1) is 0 Å². The van der Waals surface area contributed by atoms with Gasteiger partial charge in [-0.25, -0.2) is 14.8 Å². The van der Waals surface area contributed by atoms with Crippen LogP contribution in [-0.2, 0) is 0 Å². The number of Topliss-reactive ketones (excluding diaryl/α,β-unsaturated/α-hetero) is 1. The van der Waals surface area contributed by atoms with Crippen LogP contribution in [0.25, 0.3) is 10.9 Å². The molecular weight excluding hydrogens is 434 g/mol. The Morgan fingerprint density at radius 2 is 1.44 bits per heavy atom. The molecule has 34 heavy (non-hydrogen) atoms. The van der Waals surface area contributed by atoms with Crippen LogP contribution in [0.4, 0.5) is 27.7 Å². The number of benzene rings is 3. The normalized spacial score (nSPS) is 10.4. The number of carbonyl (C=O) groups excluding carboxylic acids is 2. The lowest BCUT2D eigenvalue weighted by Crippen LogP contribution is -2.19. The molecule has 0 unspecified atom stereocenters. The molecule has 0 saturated heterocycles. The summed E-state index contributed by atoms with van der Waals surface area (Å²) in [4.78, 5) is 32.5. The van der Waals surface area contributed by atoms with Gasteiger partial charge in [0.1, 0.15) is 12.1 Å². The summed E-state index contributed by atoms with van der Waals surface area (Å²) in [5.41, 5.74) is 3.18. The van der Waals surface area contributed by atoms with E-state index in [1.807, 2.05) is 6.07 Å². The first-order valence-corrected chi connectivity index (χ1v) is 10.4. The number of aromatic nitrogens is 2. The third-order valence-corrected chi connectivity index (χ3v) is 5.09. The molecule has 0 radical (unpaired) electrons. The molecule has 0 aliphatic carbocycles. The topological polar surface area (TPSA) is 114 Å². The van der Waals surface area contributed by atoms with E-state index in [-0.39, 0.29) is 5.78 Å². The molecule has 0 spiro atoms. The van der Waals surface area contributed by atoms with Crippen molar-refractivity contribution in [1.29, 1.82) is 0 Å². The number of carbonyl (C=O) groups is 2. The van der Waals surface area contributed by atoms with Gasteiger partial charge in [0.2, 0.25) is 0 Å². The number of methoxy groups -OCH3 is 2. The number of ketones is 1. The number of rotatable bonds is 7. The van der Waals surface area contributed by atoms with Crippen molar-refractivity contribution in [2.75, 3.05) is 30.2 Å². The van der Waals surface area contributed by atoms with Crippen LogP contribution in [0.3, 0.4) is 0 Å². The van der Waals surface area contributed by atoms with Gasteiger partial charge in [0.25, 0.3) is 0 Å². The highest BCUT2D eigenvalue weighted by Gasteiger charge is 2.10. The van der Waals surface area contributed by atoms with Crippen molar-refractivity contribution in [3.05, 3.63) is 72.6 Å². The Morgan fingerprint density at radius 3 is 2.15 bits per heavy atom. The minimum absolute atomic E-state index is 0.0353. The molecule has 0 atom stereocenters. The fourth-order valence-electron chi connectivity index (χ4n) is 3.37. The predicted octanol–water partition coefficient (Wildman–Crippen LogP) is 5.24. The second-order valence-corrected chi connectivity index (χ2v) is 7.36. The summed E-state index contributed by atoms with van der Waals surface area (Å²) in [6, 6.07) is 17.1. The molecule has 3 N–H and O–H groups in total. The largest absolute Gasteiger partial charge is 0.493 e. The van der Waals surface area contributed by atoms with Gasteiger partial charge in [0.15, 0.2) is 17.3 Å². The highest BCUT2D eigenvalue weighted by Crippen LogP contribution is 2.32. The lowest BCUT2D eigenvalue weighted by Gasteiger charge is -2.13. The van der Waals surface area contributed by atoms with E-state index in [1.165, 1.54) is 13.3 Å². The predicted molar refractivity (Wildman–Crippen MR) is 131 cm³/mol.